The second-order valence-electron chi connectivity index (χ2n) is 12.9. The molecule has 0 amide bonds. The number of anilines is 3. The van der Waals surface area contributed by atoms with Crippen molar-refractivity contribution in [1.29, 1.82) is 0 Å². The van der Waals surface area contributed by atoms with Crippen LogP contribution in [0.5, 0.6) is 0 Å². The molecular formula is C46H27NO2S. The van der Waals surface area contributed by atoms with Crippen LogP contribution < -0.4 is 4.90 Å². The predicted molar refractivity (Wildman–Crippen MR) is 212 cm³/mol. The van der Waals surface area contributed by atoms with E-state index < -0.39 is 0 Å². The predicted octanol–water partition coefficient (Wildman–Crippen LogP) is 14.1. The molecule has 3 aromatic heterocycles. The van der Waals surface area contributed by atoms with E-state index in [4.69, 9.17) is 8.83 Å². The number of nitrogens with zero attached hydrogens (tertiary/aromatic N) is 1. The Bertz CT molecular complexity index is 2990. The molecule has 0 spiro atoms. The summed E-state index contributed by atoms with van der Waals surface area (Å²) in [6, 6.07) is 58.5. The average molecular weight is 658 g/mol. The van der Waals surface area contributed by atoms with E-state index >= 15 is 0 Å². The van der Waals surface area contributed by atoms with Crippen LogP contribution in [0, 0.1) is 0 Å². The topological polar surface area (TPSA) is 29.5 Å². The Labute approximate surface area is 290 Å². The molecule has 0 N–H and O–H groups in total. The van der Waals surface area contributed by atoms with Gasteiger partial charge in [-0.25, -0.2) is 0 Å². The lowest BCUT2D eigenvalue weighted by Gasteiger charge is -2.26. The van der Waals surface area contributed by atoms with Crippen molar-refractivity contribution in [3.05, 3.63) is 164 Å². The van der Waals surface area contributed by atoms with Crippen molar-refractivity contribution in [2.45, 2.75) is 0 Å². The van der Waals surface area contributed by atoms with Crippen molar-refractivity contribution < 1.29 is 8.83 Å². The van der Waals surface area contributed by atoms with Crippen molar-refractivity contribution in [2.24, 2.45) is 0 Å². The summed E-state index contributed by atoms with van der Waals surface area (Å²) in [5, 5.41) is 9.62. The van der Waals surface area contributed by atoms with Crippen LogP contribution in [0.2, 0.25) is 0 Å². The molecule has 0 saturated heterocycles. The summed E-state index contributed by atoms with van der Waals surface area (Å²) in [4.78, 5) is 2.33. The van der Waals surface area contributed by atoms with Crippen molar-refractivity contribution >= 4 is 103 Å². The number of benzene rings is 8. The Morgan fingerprint density at radius 2 is 0.860 bits per heavy atom. The summed E-state index contributed by atoms with van der Waals surface area (Å²) in [5.41, 5.74) is 9.14. The Balaban J connectivity index is 1.04. The SMILES string of the molecule is c1ccc2cc3c(cc2c1)sc1cc(-c2ccc(N(c4ccc5oc6ccccc6c5c4)c4ccc5oc6ccccc6c5c4)cc2)ccc13. The first kappa shape index (κ1) is 27.6. The lowest BCUT2D eigenvalue weighted by molar-refractivity contribution is 0.668. The van der Waals surface area contributed by atoms with Crippen molar-refractivity contribution in [2.75, 3.05) is 4.90 Å². The highest BCUT2D eigenvalue weighted by Gasteiger charge is 2.18. The molecule has 3 heterocycles. The van der Waals surface area contributed by atoms with Gasteiger partial charge in [0.15, 0.2) is 0 Å². The molecule has 11 rings (SSSR count). The van der Waals surface area contributed by atoms with Crippen LogP contribution >= 0.6 is 11.3 Å². The van der Waals surface area contributed by atoms with Crippen LogP contribution in [0.3, 0.4) is 0 Å². The van der Waals surface area contributed by atoms with Crippen LogP contribution in [-0.4, -0.2) is 0 Å². The lowest BCUT2D eigenvalue weighted by atomic mass is 10.0. The summed E-state index contributed by atoms with van der Waals surface area (Å²) in [6.45, 7) is 0. The number of fused-ring (bicyclic) bond motifs is 10. The Kier molecular flexibility index (Phi) is 5.83. The fourth-order valence-corrected chi connectivity index (χ4v) is 8.77. The first-order valence-corrected chi connectivity index (χ1v) is 17.6. The van der Waals surface area contributed by atoms with Crippen LogP contribution in [0.25, 0.3) is 85.9 Å². The maximum Gasteiger partial charge on any atom is 0.135 e. The number of hydrogen-bond donors (Lipinski definition) is 0. The molecular weight excluding hydrogens is 631 g/mol. The second kappa shape index (κ2) is 10.6. The summed E-state index contributed by atoms with van der Waals surface area (Å²) >= 11 is 1.87. The summed E-state index contributed by atoms with van der Waals surface area (Å²) < 4.78 is 15.0. The molecule has 0 fully saturated rings. The van der Waals surface area contributed by atoms with Crippen LogP contribution in [0.15, 0.2) is 173 Å². The number of furan rings is 2. The van der Waals surface area contributed by atoms with Gasteiger partial charge in [0.05, 0.1) is 0 Å². The zero-order chi connectivity index (χ0) is 32.8. The minimum Gasteiger partial charge on any atom is -0.456 e. The van der Waals surface area contributed by atoms with Gasteiger partial charge < -0.3 is 13.7 Å². The van der Waals surface area contributed by atoms with Crippen LogP contribution in [-0.2, 0) is 0 Å². The Morgan fingerprint density at radius 3 is 1.52 bits per heavy atom. The standard InChI is InChI=1S/C46H27NO2S/c1-2-8-30-24-46-40(23-29(30)7-1)37-20-15-31(25-45(37)50-46)28-13-16-32(17-14-28)47(33-18-21-43-38(26-33)35-9-3-5-11-41(35)48-43)34-19-22-44-39(27-34)36-10-4-6-12-42(36)49-44/h1-27H. The summed E-state index contributed by atoms with van der Waals surface area (Å²) in [7, 11) is 0. The summed E-state index contributed by atoms with van der Waals surface area (Å²) in [6.07, 6.45) is 0. The second-order valence-corrected chi connectivity index (χ2v) is 14.0. The minimum absolute atomic E-state index is 0.881. The molecule has 0 bridgehead atoms. The fraction of sp³-hybridized carbons (Fsp3) is 0. The first-order chi connectivity index (χ1) is 24.7. The Hall–Kier alpha value is -6.36. The largest absolute Gasteiger partial charge is 0.456 e. The zero-order valence-electron chi connectivity index (χ0n) is 26.8. The molecule has 0 atom stereocenters. The van der Waals surface area contributed by atoms with Gasteiger partial charge in [-0.2, -0.15) is 0 Å². The van der Waals surface area contributed by atoms with Gasteiger partial charge in [-0.05, 0) is 101 Å². The molecule has 0 aliphatic carbocycles. The van der Waals surface area contributed by atoms with Gasteiger partial charge >= 0.3 is 0 Å². The first-order valence-electron chi connectivity index (χ1n) is 16.8. The molecule has 234 valence electrons. The molecule has 0 aliphatic rings. The van der Waals surface area contributed by atoms with Crippen LogP contribution in [0.1, 0.15) is 0 Å². The van der Waals surface area contributed by atoms with E-state index in [0.717, 1.165) is 60.9 Å². The third-order valence-electron chi connectivity index (χ3n) is 10.0. The van der Waals surface area contributed by atoms with E-state index in [1.165, 1.54) is 42.1 Å². The highest BCUT2D eigenvalue weighted by atomic mass is 32.1. The molecule has 0 aliphatic heterocycles. The average Bonchev–Trinajstić information content (AvgIpc) is 3.84. The minimum atomic E-state index is 0.881. The molecule has 11 aromatic rings. The third-order valence-corrected chi connectivity index (χ3v) is 11.2. The zero-order valence-corrected chi connectivity index (χ0v) is 27.6. The molecule has 0 radical (unpaired) electrons. The normalized spacial score (nSPS) is 12.0. The highest BCUT2D eigenvalue weighted by molar-refractivity contribution is 7.25. The monoisotopic (exact) mass is 657 g/mol. The van der Waals surface area contributed by atoms with Crippen molar-refractivity contribution in [3.63, 3.8) is 0 Å². The fourth-order valence-electron chi connectivity index (χ4n) is 7.60. The van der Waals surface area contributed by atoms with Gasteiger partial charge in [0.1, 0.15) is 22.3 Å². The number of para-hydroxylation sites is 2. The van der Waals surface area contributed by atoms with Gasteiger partial charge in [-0.1, -0.05) is 84.9 Å². The van der Waals surface area contributed by atoms with Gasteiger partial charge in [-0.15, -0.1) is 11.3 Å². The smallest absolute Gasteiger partial charge is 0.135 e. The lowest BCUT2D eigenvalue weighted by Crippen LogP contribution is -2.09. The van der Waals surface area contributed by atoms with Gasteiger partial charge in [0, 0.05) is 58.8 Å². The maximum absolute atomic E-state index is 6.20. The van der Waals surface area contributed by atoms with E-state index in [2.05, 4.69) is 144 Å². The maximum atomic E-state index is 6.20. The van der Waals surface area contributed by atoms with Crippen molar-refractivity contribution in [3.8, 4) is 11.1 Å². The highest BCUT2D eigenvalue weighted by Crippen LogP contribution is 2.43. The van der Waals surface area contributed by atoms with Gasteiger partial charge in [0.2, 0.25) is 0 Å². The molecule has 4 heteroatoms. The van der Waals surface area contributed by atoms with E-state index in [1.54, 1.807) is 0 Å². The number of rotatable bonds is 4. The van der Waals surface area contributed by atoms with E-state index in [-0.39, 0.29) is 0 Å². The van der Waals surface area contributed by atoms with E-state index in [1.807, 2.05) is 35.6 Å². The quantitative estimate of drug-likeness (QED) is 0.189. The van der Waals surface area contributed by atoms with E-state index in [0.29, 0.717) is 0 Å². The molecule has 0 saturated carbocycles. The molecule has 50 heavy (non-hydrogen) atoms. The van der Waals surface area contributed by atoms with Gasteiger partial charge in [-0.3, -0.25) is 0 Å². The molecule has 3 nitrogen and oxygen atoms in total. The molecule has 8 aromatic carbocycles. The van der Waals surface area contributed by atoms with Crippen molar-refractivity contribution in [1.82, 2.24) is 0 Å². The number of thiophene rings is 1. The third kappa shape index (κ3) is 4.22. The van der Waals surface area contributed by atoms with Crippen LogP contribution in [0.4, 0.5) is 17.1 Å². The van der Waals surface area contributed by atoms with E-state index in [9.17, 15) is 0 Å². The summed E-state index contributed by atoms with van der Waals surface area (Å²) in [5.74, 6) is 0. The molecule has 0 unspecified atom stereocenters. The number of hydrogen-bond acceptors (Lipinski definition) is 4. The Morgan fingerprint density at radius 1 is 0.340 bits per heavy atom. The van der Waals surface area contributed by atoms with Gasteiger partial charge in [0.25, 0.3) is 0 Å².